The molecule has 0 saturated carbocycles. The van der Waals surface area contributed by atoms with Crippen LogP contribution >= 0.6 is 0 Å². The number of ether oxygens (including phenoxy) is 1. The quantitative estimate of drug-likeness (QED) is 0.550. The average molecular weight is 237 g/mol. The summed E-state index contributed by atoms with van der Waals surface area (Å²) >= 11 is 0. The molecule has 0 aromatic carbocycles. The summed E-state index contributed by atoms with van der Waals surface area (Å²) in [6.07, 6.45) is 8.33. The molecule has 0 spiro atoms. The number of rotatable bonds is 8. The number of aromatic nitrogens is 2. The highest BCUT2D eigenvalue weighted by Crippen LogP contribution is 2.06. The monoisotopic (exact) mass is 237 g/mol. The summed E-state index contributed by atoms with van der Waals surface area (Å²) in [4.78, 5) is 0. The number of methoxy groups -OCH3 is 1. The maximum absolute atomic E-state index is 4.96. The zero-order valence-corrected chi connectivity index (χ0v) is 11.1. The van der Waals surface area contributed by atoms with E-state index in [1.54, 1.807) is 7.11 Å². The molecule has 0 aliphatic rings. The number of hydrogen-bond acceptors (Lipinski definition) is 3. The minimum atomic E-state index is 0.776. The van der Waals surface area contributed by atoms with Crippen LogP contribution in [0.15, 0.2) is 24.0 Å². The Hall–Kier alpha value is -1.13. The lowest BCUT2D eigenvalue weighted by Gasteiger charge is -2.02. The van der Waals surface area contributed by atoms with Crippen LogP contribution in [0.3, 0.4) is 0 Å². The molecule has 0 aliphatic heterocycles. The first-order chi connectivity index (χ1) is 8.22. The van der Waals surface area contributed by atoms with Crippen molar-refractivity contribution in [2.45, 2.75) is 19.8 Å². The normalized spacial score (nSPS) is 12.1. The summed E-state index contributed by atoms with van der Waals surface area (Å²) in [6, 6.07) is 0. The molecule has 0 atom stereocenters. The molecule has 17 heavy (non-hydrogen) atoms. The molecule has 0 amide bonds. The lowest BCUT2D eigenvalue weighted by atomic mass is 10.1. The van der Waals surface area contributed by atoms with Crippen LogP contribution in [0.4, 0.5) is 0 Å². The van der Waals surface area contributed by atoms with Crippen molar-refractivity contribution in [3.8, 4) is 0 Å². The topological polar surface area (TPSA) is 39.1 Å². The fraction of sp³-hybridized carbons (Fsp3) is 0.615. The summed E-state index contributed by atoms with van der Waals surface area (Å²) in [6.45, 7) is 4.88. The van der Waals surface area contributed by atoms with Gasteiger partial charge in [0, 0.05) is 26.9 Å². The minimum absolute atomic E-state index is 0.776. The highest BCUT2D eigenvalue weighted by molar-refractivity contribution is 5.14. The van der Waals surface area contributed by atoms with Gasteiger partial charge in [0.2, 0.25) is 0 Å². The molecular weight excluding hydrogens is 214 g/mol. The van der Waals surface area contributed by atoms with Crippen molar-refractivity contribution in [2.24, 2.45) is 7.05 Å². The minimum Gasteiger partial charge on any atom is -0.383 e. The van der Waals surface area contributed by atoms with Crippen LogP contribution in [0.5, 0.6) is 0 Å². The number of aryl methyl sites for hydroxylation is 1. The molecule has 1 aromatic rings. The SMILES string of the molecule is COCCNCCC=C(C)Cc1cnn(C)c1. The standard InChI is InChI=1S/C13H23N3O/c1-12(5-4-6-14-7-8-17-3)9-13-10-15-16(2)11-13/h5,10-11,14H,4,6-9H2,1-3H3. The highest BCUT2D eigenvalue weighted by atomic mass is 16.5. The zero-order chi connectivity index (χ0) is 12.5. The molecule has 4 nitrogen and oxygen atoms in total. The maximum atomic E-state index is 4.96. The van der Waals surface area contributed by atoms with Crippen LogP contribution in [0.2, 0.25) is 0 Å². The van der Waals surface area contributed by atoms with Gasteiger partial charge in [0.1, 0.15) is 0 Å². The third-order valence-electron chi connectivity index (χ3n) is 2.54. The second-order valence-corrected chi connectivity index (χ2v) is 4.28. The highest BCUT2D eigenvalue weighted by Gasteiger charge is 1.97. The smallest absolute Gasteiger partial charge is 0.0587 e. The van der Waals surface area contributed by atoms with Crippen LogP contribution in [-0.2, 0) is 18.2 Å². The van der Waals surface area contributed by atoms with E-state index in [2.05, 4.69) is 29.6 Å². The van der Waals surface area contributed by atoms with E-state index in [0.29, 0.717) is 0 Å². The lowest BCUT2D eigenvalue weighted by Crippen LogP contribution is -2.19. The van der Waals surface area contributed by atoms with E-state index in [9.17, 15) is 0 Å². The molecule has 0 aliphatic carbocycles. The molecule has 0 bridgehead atoms. The van der Waals surface area contributed by atoms with Crippen LogP contribution in [-0.4, -0.2) is 36.6 Å². The first kappa shape index (κ1) is 13.9. The Balaban J connectivity index is 2.16. The molecular formula is C13H23N3O. The first-order valence-electron chi connectivity index (χ1n) is 6.05. The first-order valence-corrected chi connectivity index (χ1v) is 6.05. The van der Waals surface area contributed by atoms with Crippen molar-refractivity contribution in [1.82, 2.24) is 15.1 Å². The predicted octanol–water partition coefficient (Wildman–Crippen LogP) is 1.53. The molecule has 0 unspecified atom stereocenters. The lowest BCUT2D eigenvalue weighted by molar-refractivity contribution is 0.199. The Labute approximate surface area is 104 Å². The third kappa shape index (κ3) is 6.24. The van der Waals surface area contributed by atoms with Gasteiger partial charge in [-0.25, -0.2) is 0 Å². The molecule has 0 saturated heterocycles. The molecule has 1 aromatic heterocycles. The summed E-state index contributed by atoms with van der Waals surface area (Å²) in [5.41, 5.74) is 2.67. The second kappa shape index (κ2) is 8.03. The van der Waals surface area contributed by atoms with E-state index >= 15 is 0 Å². The van der Waals surface area contributed by atoms with Gasteiger partial charge in [-0.3, -0.25) is 4.68 Å². The van der Waals surface area contributed by atoms with Crippen molar-refractivity contribution in [3.63, 3.8) is 0 Å². The number of nitrogens with one attached hydrogen (secondary N) is 1. The van der Waals surface area contributed by atoms with Gasteiger partial charge in [0.15, 0.2) is 0 Å². The Morgan fingerprint density at radius 3 is 3.00 bits per heavy atom. The fourth-order valence-corrected chi connectivity index (χ4v) is 1.68. The van der Waals surface area contributed by atoms with Crippen molar-refractivity contribution >= 4 is 0 Å². The molecule has 96 valence electrons. The van der Waals surface area contributed by atoms with Crippen LogP contribution in [0.1, 0.15) is 18.9 Å². The van der Waals surface area contributed by atoms with Gasteiger partial charge in [-0.15, -0.1) is 0 Å². The zero-order valence-electron chi connectivity index (χ0n) is 11.1. The Bertz CT molecular complexity index is 344. The average Bonchev–Trinajstić information content (AvgIpc) is 2.69. The van der Waals surface area contributed by atoms with Gasteiger partial charge in [-0.05, 0) is 31.9 Å². The molecule has 4 heteroatoms. The Morgan fingerprint density at radius 2 is 2.35 bits per heavy atom. The molecule has 0 fully saturated rings. The summed E-state index contributed by atoms with van der Waals surface area (Å²) in [7, 11) is 3.67. The molecule has 1 heterocycles. The van der Waals surface area contributed by atoms with Crippen LogP contribution in [0.25, 0.3) is 0 Å². The molecule has 0 radical (unpaired) electrons. The number of hydrogen-bond donors (Lipinski definition) is 1. The van der Waals surface area contributed by atoms with E-state index in [1.165, 1.54) is 11.1 Å². The molecule has 1 N–H and O–H groups in total. The Kier molecular flexibility index (Phi) is 6.58. The van der Waals surface area contributed by atoms with Crippen molar-refractivity contribution in [3.05, 3.63) is 29.6 Å². The van der Waals surface area contributed by atoms with Crippen molar-refractivity contribution < 1.29 is 4.74 Å². The Morgan fingerprint density at radius 1 is 1.53 bits per heavy atom. The number of allylic oxidation sites excluding steroid dienone is 1. The maximum Gasteiger partial charge on any atom is 0.0587 e. The van der Waals surface area contributed by atoms with E-state index in [-0.39, 0.29) is 0 Å². The van der Waals surface area contributed by atoms with Crippen molar-refractivity contribution in [2.75, 3.05) is 26.8 Å². The largest absolute Gasteiger partial charge is 0.383 e. The number of nitrogens with zero attached hydrogens (tertiary/aromatic N) is 2. The molecule has 1 rings (SSSR count). The fourth-order valence-electron chi connectivity index (χ4n) is 1.68. The van der Waals surface area contributed by atoms with Crippen LogP contribution in [0, 0.1) is 0 Å². The van der Waals surface area contributed by atoms with E-state index < -0.39 is 0 Å². The van der Waals surface area contributed by atoms with E-state index in [0.717, 1.165) is 32.5 Å². The van der Waals surface area contributed by atoms with E-state index in [4.69, 9.17) is 4.74 Å². The predicted molar refractivity (Wildman–Crippen MR) is 70.0 cm³/mol. The summed E-state index contributed by atoms with van der Waals surface area (Å²) in [5.74, 6) is 0. The van der Waals surface area contributed by atoms with Crippen molar-refractivity contribution in [1.29, 1.82) is 0 Å². The summed E-state index contributed by atoms with van der Waals surface area (Å²) in [5, 5.41) is 7.49. The van der Waals surface area contributed by atoms with E-state index in [1.807, 2.05) is 17.9 Å². The van der Waals surface area contributed by atoms with Gasteiger partial charge < -0.3 is 10.1 Å². The third-order valence-corrected chi connectivity index (χ3v) is 2.54. The van der Waals surface area contributed by atoms with Gasteiger partial charge in [-0.2, -0.15) is 5.10 Å². The van der Waals surface area contributed by atoms with Gasteiger partial charge >= 0.3 is 0 Å². The van der Waals surface area contributed by atoms with Crippen LogP contribution < -0.4 is 5.32 Å². The van der Waals surface area contributed by atoms with Gasteiger partial charge in [0.25, 0.3) is 0 Å². The van der Waals surface area contributed by atoms with Gasteiger partial charge in [-0.1, -0.05) is 11.6 Å². The van der Waals surface area contributed by atoms with Gasteiger partial charge in [0.05, 0.1) is 12.8 Å². The second-order valence-electron chi connectivity index (χ2n) is 4.28. The summed E-state index contributed by atoms with van der Waals surface area (Å²) < 4.78 is 6.81.